The van der Waals surface area contributed by atoms with Crippen molar-refractivity contribution in [2.24, 2.45) is 0 Å². The number of carbonyl (C=O) groups is 1. The molecule has 0 bridgehead atoms. The number of aryl methyl sites for hydroxylation is 2. The summed E-state index contributed by atoms with van der Waals surface area (Å²) >= 11 is 0. The molecule has 1 saturated carbocycles. The van der Waals surface area contributed by atoms with Crippen LogP contribution in [0.2, 0.25) is 0 Å². The quantitative estimate of drug-likeness (QED) is 0.844. The minimum atomic E-state index is -3.85. The fourth-order valence-electron chi connectivity index (χ4n) is 3.99. The number of ether oxygens (including phenoxy) is 2. The summed E-state index contributed by atoms with van der Waals surface area (Å²) in [4.78, 5) is 13.5. The number of amides is 1. The normalized spacial score (nSPS) is 17.5. The van der Waals surface area contributed by atoms with Gasteiger partial charge in [0.1, 0.15) is 0 Å². The van der Waals surface area contributed by atoms with E-state index in [1.54, 1.807) is 37.3 Å². The van der Waals surface area contributed by atoms with Gasteiger partial charge in [0.25, 0.3) is 0 Å². The Morgan fingerprint density at radius 1 is 1.00 bits per heavy atom. The number of carbonyl (C=O) groups excluding carboxylic acids is 1. The Balaban J connectivity index is 1.71. The van der Waals surface area contributed by atoms with Crippen LogP contribution in [0.25, 0.3) is 0 Å². The third-order valence-electron chi connectivity index (χ3n) is 5.60. The van der Waals surface area contributed by atoms with Gasteiger partial charge in [0.2, 0.25) is 12.7 Å². The van der Waals surface area contributed by atoms with Crippen molar-refractivity contribution in [1.82, 2.24) is 0 Å². The van der Waals surface area contributed by atoms with Crippen LogP contribution >= 0.6 is 0 Å². The zero-order chi connectivity index (χ0) is 19.9. The fraction of sp³-hybridized carbons (Fsp3) is 0.381. The highest BCUT2D eigenvalue weighted by Crippen LogP contribution is 2.43. The average molecular weight is 401 g/mol. The van der Waals surface area contributed by atoms with E-state index < -0.39 is 20.5 Å². The predicted molar refractivity (Wildman–Crippen MR) is 105 cm³/mol. The van der Waals surface area contributed by atoms with Crippen LogP contribution in [-0.2, 0) is 14.6 Å². The Morgan fingerprint density at radius 2 is 1.71 bits per heavy atom. The number of sulfone groups is 1. The molecular formula is C21H23NO5S. The zero-order valence-electron chi connectivity index (χ0n) is 15.9. The molecule has 1 aliphatic carbocycles. The molecule has 1 N–H and O–H groups in total. The largest absolute Gasteiger partial charge is 0.454 e. The second-order valence-corrected chi connectivity index (χ2v) is 9.72. The van der Waals surface area contributed by atoms with Gasteiger partial charge < -0.3 is 14.8 Å². The van der Waals surface area contributed by atoms with Crippen molar-refractivity contribution in [1.29, 1.82) is 0 Å². The van der Waals surface area contributed by atoms with Gasteiger partial charge in [-0.25, -0.2) is 8.42 Å². The van der Waals surface area contributed by atoms with E-state index in [1.807, 2.05) is 13.0 Å². The van der Waals surface area contributed by atoms with Crippen molar-refractivity contribution in [2.75, 3.05) is 12.1 Å². The van der Waals surface area contributed by atoms with Gasteiger partial charge in [-0.05, 0) is 56.0 Å². The molecule has 0 unspecified atom stereocenters. The van der Waals surface area contributed by atoms with Crippen LogP contribution in [0, 0.1) is 13.8 Å². The minimum Gasteiger partial charge on any atom is -0.454 e. The van der Waals surface area contributed by atoms with Gasteiger partial charge in [-0.2, -0.15) is 0 Å². The summed E-state index contributed by atoms with van der Waals surface area (Å²) in [6, 6.07) is 10.4. The van der Waals surface area contributed by atoms with Crippen LogP contribution in [0.4, 0.5) is 5.69 Å². The van der Waals surface area contributed by atoms with Crippen LogP contribution in [-0.4, -0.2) is 25.9 Å². The molecule has 0 atom stereocenters. The summed E-state index contributed by atoms with van der Waals surface area (Å²) in [5.74, 6) is 0.664. The molecule has 148 valence electrons. The van der Waals surface area contributed by atoms with Crippen molar-refractivity contribution in [3.8, 4) is 11.5 Å². The van der Waals surface area contributed by atoms with Crippen molar-refractivity contribution in [3.05, 3.63) is 47.5 Å². The maximum absolute atomic E-state index is 13.6. The average Bonchev–Trinajstić information content (AvgIpc) is 3.33. The van der Waals surface area contributed by atoms with Gasteiger partial charge in [0.05, 0.1) is 4.90 Å². The third kappa shape index (κ3) is 2.94. The number of nitrogens with one attached hydrogen (secondary N) is 1. The van der Waals surface area contributed by atoms with Crippen molar-refractivity contribution >= 4 is 21.4 Å². The smallest absolute Gasteiger partial charge is 0.246 e. The summed E-state index contributed by atoms with van der Waals surface area (Å²) in [6.45, 7) is 3.76. The molecule has 2 aromatic carbocycles. The molecule has 0 saturated heterocycles. The van der Waals surface area contributed by atoms with Gasteiger partial charge in [0, 0.05) is 11.8 Å². The third-order valence-corrected chi connectivity index (χ3v) is 8.24. The van der Waals surface area contributed by atoms with E-state index in [9.17, 15) is 13.2 Å². The van der Waals surface area contributed by atoms with E-state index in [2.05, 4.69) is 5.32 Å². The topological polar surface area (TPSA) is 81.7 Å². The van der Waals surface area contributed by atoms with Crippen LogP contribution in [0.5, 0.6) is 11.5 Å². The lowest BCUT2D eigenvalue weighted by Crippen LogP contribution is -2.47. The van der Waals surface area contributed by atoms with Crippen molar-refractivity contribution in [3.63, 3.8) is 0 Å². The Morgan fingerprint density at radius 3 is 2.46 bits per heavy atom. The predicted octanol–water partition coefficient (Wildman–Crippen LogP) is 3.76. The second kappa shape index (κ2) is 6.81. The second-order valence-electron chi connectivity index (χ2n) is 7.50. The van der Waals surface area contributed by atoms with Crippen LogP contribution < -0.4 is 14.8 Å². The minimum absolute atomic E-state index is 0.137. The van der Waals surface area contributed by atoms with Gasteiger partial charge in [-0.1, -0.05) is 25.0 Å². The molecule has 0 radical (unpaired) electrons. The first-order valence-corrected chi connectivity index (χ1v) is 10.8. The Hall–Kier alpha value is -2.54. The highest BCUT2D eigenvalue weighted by atomic mass is 32.2. The Kier molecular flexibility index (Phi) is 4.57. The molecule has 0 spiro atoms. The summed E-state index contributed by atoms with van der Waals surface area (Å²) in [5.41, 5.74) is 2.01. The van der Waals surface area contributed by atoms with E-state index in [-0.39, 0.29) is 11.7 Å². The van der Waals surface area contributed by atoms with Crippen LogP contribution in [0.15, 0.2) is 41.3 Å². The van der Waals surface area contributed by atoms with E-state index in [0.717, 1.165) is 5.56 Å². The van der Waals surface area contributed by atoms with Gasteiger partial charge in [-0.15, -0.1) is 0 Å². The molecular weight excluding hydrogens is 378 g/mol. The molecule has 6 nitrogen and oxygen atoms in total. The summed E-state index contributed by atoms with van der Waals surface area (Å²) < 4.78 is 36.5. The summed E-state index contributed by atoms with van der Waals surface area (Å²) in [6.07, 6.45) is 2.05. The molecule has 1 fully saturated rings. The lowest BCUT2D eigenvalue weighted by atomic mass is 10.1. The molecule has 1 aliphatic heterocycles. The molecule has 1 heterocycles. The highest BCUT2D eigenvalue weighted by Gasteiger charge is 2.53. The van der Waals surface area contributed by atoms with E-state index in [1.165, 1.54) is 0 Å². The van der Waals surface area contributed by atoms with Crippen molar-refractivity contribution in [2.45, 2.75) is 49.2 Å². The first-order valence-electron chi connectivity index (χ1n) is 9.36. The number of fused-ring (bicyclic) bond motifs is 1. The molecule has 7 heteroatoms. The molecule has 2 aliphatic rings. The Bertz CT molecular complexity index is 1040. The number of anilines is 1. The standard InChI is InChI=1S/C21H23NO5S/c1-14-5-6-15(2)19(11-14)28(24,25)21(9-3-4-10-21)20(23)22-16-7-8-17-18(12-16)27-13-26-17/h5-8,11-12H,3-4,9-10,13H2,1-2H3,(H,22,23). The Labute approximate surface area is 164 Å². The maximum atomic E-state index is 13.6. The van der Waals surface area contributed by atoms with E-state index >= 15 is 0 Å². The van der Waals surface area contributed by atoms with Gasteiger partial charge in [-0.3, -0.25) is 4.79 Å². The van der Waals surface area contributed by atoms with Crippen LogP contribution in [0.1, 0.15) is 36.8 Å². The SMILES string of the molecule is Cc1ccc(C)c(S(=O)(=O)C2(C(=O)Nc3ccc4c(c3)OCO4)CCCC2)c1. The van der Waals surface area contributed by atoms with Crippen molar-refractivity contribution < 1.29 is 22.7 Å². The first kappa shape index (κ1) is 18.8. The van der Waals surface area contributed by atoms with Gasteiger partial charge >= 0.3 is 0 Å². The molecule has 2 aromatic rings. The number of rotatable bonds is 4. The zero-order valence-corrected chi connectivity index (χ0v) is 16.8. The highest BCUT2D eigenvalue weighted by molar-refractivity contribution is 7.93. The molecule has 4 rings (SSSR count). The van der Waals surface area contributed by atoms with Crippen LogP contribution in [0.3, 0.4) is 0 Å². The first-order chi connectivity index (χ1) is 13.3. The number of hydrogen-bond acceptors (Lipinski definition) is 5. The lowest BCUT2D eigenvalue weighted by molar-refractivity contribution is -0.118. The fourth-order valence-corrected chi connectivity index (χ4v) is 6.37. The van der Waals surface area contributed by atoms with Gasteiger partial charge in [0.15, 0.2) is 26.1 Å². The molecule has 1 amide bonds. The summed E-state index contributed by atoms with van der Waals surface area (Å²) in [5, 5.41) is 2.81. The lowest BCUT2D eigenvalue weighted by Gasteiger charge is -2.28. The number of hydrogen-bond donors (Lipinski definition) is 1. The van der Waals surface area contributed by atoms with E-state index in [0.29, 0.717) is 48.4 Å². The molecule has 0 aromatic heterocycles. The van der Waals surface area contributed by atoms with E-state index in [4.69, 9.17) is 9.47 Å². The number of benzene rings is 2. The maximum Gasteiger partial charge on any atom is 0.246 e. The monoisotopic (exact) mass is 401 g/mol. The summed E-state index contributed by atoms with van der Waals surface area (Å²) in [7, 11) is -3.85. The molecule has 28 heavy (non-hydrogen) atoms.